The summed E-state index contributed by atoms with van der Waals surface area (Å²) in [5.41, 5.74) is 3.89. The van der Waals surface area contributed by atoms with Crippen LogP contribution < -0.4 is 5.32 Å². The Labute approximate surface area is 109 Å². The van der Waals surface area contributed by atoms with Gasteiger partial charge in [0.05, 0.1) is 12.2 Å². The maximum Gasteiger partial charge on any atom is 0.0605 e. The Balaban J connectivity index is 2.22. The molecule has 2 rings (SSSR count). The van der Waals surface area contributed by atoms with Crippen molar-refractivity contribution in [3.05, 3.63) is 53.3 Å². The second kappa shape index (κ2) is 5.83. The highest BCUT2D eigenvalue weighted by Gasteiger charge is 2.13. The third-order valence-electron chi connectivity index (χ3n) is 3.20. The van der Waals surface area contributed by atoms with Crippen molar-refractivity contribution in [1.82, 2.24) is 15.1 Å². The largest absolute Gasteiger partial charge is 0.309 e. The smallest absolute Gasteiger partial charge is 0.0605 e. The molecule has 18 heavy (non-hydrogen) atoms. The normalized spacial score (nSPS) is 12.6. The molecule has 2 aromatic rings. The zero-order valence-corrected chi connectivity index (χ0v) is 11.4. The molecule has 1 N–H and O–H groups in total. The summed E-state index contributed by atoms with van der Waals surface area (Å²) in [5.74, 6) is 0. The molecular weight excluding hydrogens is 222 g/mol. The van der Waals surface area contributed by atoms with Crippen LogP contribution in [0, 0.1) is 0 Å². The number of hydrogen-bond acceptors (Lipinski definition) is 2. The van der Waals surface area contributed by atoms with Gasteiger partial charge in [-0.15, -0.1) is 0 Å². The van der Waals surface area contributed by atoms with Crippen LogP contribution in [0.5, 0.6) is 0 Å². The van der Waals surface area contributed by atoms with Crippen LogP contribution in [0.25, 0.3) is 0 Å². The first kappa shape index (κ1) is 12.8. The van der Waals surface area contributed by atoms with Crippen molar-refractivity contribution in [2.45, 2.75) is 25.8 Å². The third kappa shape index (κ3) is 2.79. The average Bonchev–Trinajstić information content (AvgIpc) is 2.79. The highest BCUT2D eigenvalue weighted by molar-refractivity contribution is 5.31. The molecule has 0 amide bonds. The van der Waals surface area contributed by atoms with Gasteiger partial charge < -0.3 is 5.32 Å². The van der Waals surface area contributed by atoms with Crippen LogP contribution in [0.2, 0.25) is 0 Å². The molecule has 1 atom stereocenters. The molecule has 0 bridgehead atoms. The number of hydrogen-bond donors (Lipinski definition) is 1. The second-order valence-electron chi connectivity index (χ2n) is 4.66. The summed E-state index contributed by atoms with van der Waals surface area (Å²) in [6.07, 6.45) is 6.32. The van der Waals surface area contributed by atoms with Gasteiger partial charge in [0, 0.05) is 18.8 Å². The van der Waals surface area contributed by atoms with E-state index in [0.717, 1.165) is 6.42 Å². The van der Waals surface area contributed by atoms with Gasteiger partial charge in [0.2, 0.25) is 0 Å². The molecule has 0 spiro atoms. The molecule has 0 aliphatic carbocycles. The van der Waals surface area contributed by atoms with Crippen molar-refractivity contribution in [2.75, 3.05) is 7.05 Å². The molecule has 1 unspecified atom stereocenters. The number of aryl methyl sites for hydroxylation is 2. The van der Waals surface area contributed by atoms with E-state index in [1.807, 2.05) is 25.0 Å². The van der Waals surface area contributed by atoms with Crippen LogP contribution in [-0.4, -0.2) is 16.8 Å². The van der Waals surface area contributed by atoms with Crippen molar-refractivity contribution < 1.29 is 0 Å². The Morgan fingerprint density at radius 1 is 1.22 bits per heavy atom. The first-order valence-electron chi connectivity index (χ1n) is 6.49. The quantitative estimate of drug-likeness (QED) is 0.875. The van der Waals surface area contributed by atoms with E-state index in [1.54, 1.807) is 0 Å². The molecule has 0 radical (unpaired) electrons. The molecule has 0 fully saturated rings. The van der Waals surface area contributed by atoms with E-state index < -0.39 is 0 Å². The van der Waals surface area contributed by atoms with Crippen molar-refractivity contribution >= 4 is 0 Å². The van der Waals surface area contributed by atoms with Gasteiger partial charge >= 0.3 is 0 Å². The average molecular weight is 243 g/mol. The fraction of sp³-hybridized carbons (Fsp3) is 0.400. The highest BCUT2D eigenvalue weighted by atomic mass is 15.2. The Morgan fingerprint density at radius 3 is 2.44 bits per heavy atom. The van der Waals surface area contributed by atoms with Crippen LogP contribution >= 0.6 is 0 Å². The minimum atomic E-state index is 0.217. The summed E-state index contributed by atoms with van der Waals surface area (Å²) >= 11 is 0. The maximum atomic E-state index is 4.23. The van der Waals surface area contributed by atoms with Crippen molar-refractivity contribution in [2.24, 2.45) is 7.05 Å². The summed E-state index contributed by atoms with van der Waals surface area (Å²) < 4.78 is 1.84. The molecule has 1 aromatic carbocycles. The lowest BCUT2D eigenvalue weighted by Crippen LogP contribution is -2.17. The number of nitrogens with one attached hydrogen (secondary N) is 1. The molecule has 1 aromatic heterocycles. The van der Waals surface area contributed by atoms with Gasteiger partial charge in [0.1, 0.15) is 0 Å². The predicted molar refractivity (Wildman–Crippen MR) is 74.5 cm³/mol. The highest BCUT2D eigenvalue weighted by Crippen LogP contribution is 2.21. The van der Waals surface area contributed by atoms with Gasteiger partial charge in [-0.2, -0.15) is 5.10 Å². The molecule has 3 heteroatoms. The van der Waals surface area contributed by atoms with Gasteiger partial charge in [0.15, 0.2) is 0 Å². The second-order valence-corrected chi connectivity index (χ2v) is 4.66. The van der Waals surface area contributed by atoms with Crippen LogP contribution in [0.1, 0.15) is 36.1 Å². The third-order valence-corrected chi connectivity index (χ3v) is 3.20. The lowest BCUT2D eigenvalue weighted by atomic mass is 9.99. The van der Waals surface area contributed by atoms with Gasteiger partial charge in [-0.25, -0.2) is 0 Å². The van der Waals surface area contributed by atoms with E-state index in [9.17, 15) is 0 Å². The predicted octanol–water partition coefficient (Wildman–Crippen LogP) is 2.68. The minimum absolute atomic E-state index is 0.217. The number of benzene rings is 1. The molecule has 0 saturated carbocycles. The molecule has 3 nitrogen and oxygen atoms in total. The van der Waals surface area contributed by atoms with Crippen molar-refractivity contribution in [1.29, 1.82) is 0 Å². The van der Waals surface area contributed by atoms with E-state index >= 15 is 0 Å². The van der Waals surface area contributed by atoms with Gasteiger partial charge in [0.25, 0.3) is 0 Å². The molecular formula is C15H21N3. The minimum Gasteiger partial charge on any atom is -0.309 e. The fourth-order valence-corrected chi connectivity index (χ4v) is 2.28. The Hall–Kier alpha value is -1.61. The summed E-state index contributed by atoms with van der Waals surface area (Å²) in [5, 5.41) is 7.58. The lowest BCUT2D eigenvalue weighted by Gasteiger charge is -2.15. The summed E-state index contributed by atoms with van der Waals surface area (Å²) in [6, 6.07) is 9.08. The molecule has 96 valence electrons. The molecule has 0 aliphatic rings. The van der Waals surface area contributed by atoms with Crippen molar-refractivity contribution in [3.63, 3.8) is 0 Å². The SMILES string of the molecule is CCCc1ccc(C(NC)c2cnn(C)c2)cc1. The van der Waals surface area contributed by atoms with E-state index in [-0.39, 0.29) is 6.04 Å². The summed E-state index contributed by atoms with van der Waals surface area (Å²) in [7, 11) is 3.93. The summed E-state index contributed by atoms with van der Waals surface area (Å²) in [4.78, 5) is 0. The first-order valence-corrected chi connectivity index (χ1v) is 6.49. The number of rotatable bonds is 5. The number of aromatic nitrogens is 2. The maximum absolute atomic E-state index is 4.23. The Kier molecular flexibility index (Phi) is 4.15. The Morgan fingerprint density at radius 2 is 1.94 bits per heavy atom. The monoisotopic (exact) mass is 243 g/mol. The van der Waals surface area contributed by atoms with E-state index in [2.05, 4.69) is 47.8 Å². The molecule has 1 heterocycles. The molecule has 0 saturated heterocycles. The van der Waals surface area contributed by atoms with Gasteiger partial charge in [-0.3, -0.25) is 4.68 Å². The zero-order chi connectivity index (χ0) is 13.0. The van der Waals surface area contributed by atoms with Crippen LogP contribution in [0.15, 0.2) is 36.7 Å². The van der Waals surface area contributed by atoms with E-state index in [1.165, 1.54) is 23.1 Å². The fourth-order valence-electron chi connectivity index (χ4n) is 2.28. The van der Waals surface area contributed by atoms with Crippen LogP contribution in [-0.2, 0) is 13.5 Å². The lowest BCUT2D eigenvalue weighted by molar-refractivity contribution is 0.689. The summed E-state index contributed by atoms with van der Waals surface area (Å²) in [6.45, 7) is 2.21. The standard InChI is InChI=1S/C15H21N3/c1-4-5-12-6-8-13(9-7-12)15(16-2)14-10-17-18(3)11-14/h6-11,15-16H,4-5H2,1-3H3. The van der Waals surface area contributed by atoms with Gasteiger partial charge in [-0.05, 0) is 24.6 Å². The Bertz CT molecular complexity index is 485. The van der Waals surface area contributed by atoms with E-state index in [0.29, 0.717) is 0 Å². The molecule has 0 aliphatic heterocycles. The van der Waals surface area contributed by atoms with E-state index in [4.69, 9.17) is 0 Å². The zero-order valence-electron chi connectivity index (χ0n) is 11.4. The first-order chi connectivity index (χ1) is 8.74. The van der Waals surface area contributed by atoms with Crippen LogP contribution in [0.4, 0.5) is 0 Å². The number of nitrogens with zero attached hydrogens (tertiary/aromatic N) is 2. The topological polar surface area (TPSA) is 29.9 Å². The van der Waals surface area contributed by atoms with Gasteiger partial charge in [-0.1, -0.05) is 37.6 Å². The van der Waals surface area contributed by atoms with Crippen LogP contribution in [0.3, 0.4) is 0 Å². The van der Waals surface area contributed by atoms with Crippen molar-refractivity contribution in [3.8, 4) is 0 Å².